The lowest BCUT2D eigenvalue weighted by Gasteiger charge is -2.54. The van der Waals surface area contributed by atoms with Gasteiger partial charge in [0.2, 0.25) is 5.91 Å². The summed E-state index contributed by atoms with van der Waals surface area (Å²) in [5.41, 5.74) is 0.562. The zero-order chi connectivity index (χ0) is 21.1. The van der Waals surface area contributed by atoms with Crippen LogP contribution in [0.1, 0.15) is 28.8 Å². The van der Waals surface area contributed by atoms with E-state index in [4.69, 9.17) is 14.7 Å². The summed E-state index contributed by atoms with van der Waals surface area (Å²) in [6.07, 6.45) is 1.98. The minimum Gasteiger partial charge on any atom is -0.381 e. The summed E-state index contributed by atoms with van der Waals surface area (Å²) in [6, 6.07) is 8.48. The molecule has 0 bridgehead atoms. The van der Waals surface area contributed by atoms with Crippen LogP contribution in [0.3, 0.4) is 0 Å². The first-order valence-corrected chi connectivity index (χ1v) is 10.5. The molecule has 3 fully saturated rings. The first-order valence-electron chi connectivity index (χ1n) is 10.5. The molecular formula is C22H28N4O4. The van der Waals surface area contributed by atoms with Crippen LogP contribution in [0.25, 0.3) is 0 Å². The molecule has 8 heteroatoms. The van der Waals surface area contributed by atoms with Gasteiger partial charge < -0.3 is 19.7 Å². The second-order valence-corrected chi connectivity index (χ2v) is 8.58. The Morgan fingerprint density at radius 2 is 2.03 bits per heavy atom. The highest BCUT2D eigenvalue weighted by Gasteiger charge is 2.51. The Balaban J connectivity index is 1.27. The molecule has 30 heavy (non-hydrogen) atoms. The van der Waals surface area contributed by atoms with Crippen LogP contribution < -0.4 is 5.32 Å². The van der Waals surface area contributed by atoms with Crippen LogP contribution in [-0.4, -0.2) is 86.3 Å². The maximum Gasteiger partial charge on any atom is 0.254 e. The number of amides is 2. The highest BCUT2D eigenvalue weighted by molar-refractivity contribution is 5.95. The Morgan fingerprint density at radius 3 is 2.73 bits per heavy atom. The number of benzene rings is 1. The molecule has 3 aliphatic heterocycles. The van der Waals surface area contributed by atoms with Crippen LogP contribution in [0.4, 0.5) is 0 Å². The molecule has 1 aromatic rings. The van der Waals surface area contributed by atoms with Crippen LogP contribution >= 0.6 is 0 Å². The molecule has 0 saturated carbocycles. The number of carbonyl (C=O) groups excluding carboxylic acids is 2. The van der Waals surface area contributed by atoms with Gasteiger partial charge in [-0.15, -0.1) is 0 Å². The standard InChI is InChI=1S/C22H28N4O4/c1-25-13-22(14-26(15-22)21(28)18-4-2-3-17(9-18)10-23)30-12-19(25)20(27)24-11-16-5-7-29-8-6-16/h2-4,9,16,19H,5-8,11-15H2,1H3,(H,24,27)/t19-/m0/s1. The van der Waals surface area contributed by atoms with Crippen LogP contribution in [0, 0.1) is 17.2 Å². The Morgan fingerprint density at radius 1 is 1.27 bits per heavy atom. The van der Waals surface area contributed by atoms with E-state index >= 15 is 0 Å². The minimum absolute atomic E-state index is 0.000540. The number of likely N-dealkylation sites (N-methyl/N-ethyl adjacent to an activating group) is 1. The molecule has 0 unspecified atom stereocenters. The van der Waals surface area contributed by atoms with Gasteiger partial charge in [-0.1, -0.05) is 6.07 Å². The normalized spacial score (nSPS) is 24.1. The second kappa shape index (κ2) is 8.72. The molecule has 160 valence electrons. The monoisotopic (exact) mass is 412 g/mol. The van der Waals surface area contributed by atoms with E-state index in [1.54, 1.807) is 29.2 Å². The molecule has 8 nitrogen and oxygen atoms in total. The first kappa shape index (κ1) is 20.8. The van der Waals surface area contributed by atoms with Crippen molar-refractivity contribution in [2.24, 2.45) is 5.92 Å². The average Bonchev–Trinajstić information content (AvgIpc) is 2.76. The Bertz CT molecular complexity index is 840. The number of morpholine rings is 1. The predicted octanol–water partition coefficient (Wildman–Crippen LogP) is 0.626. The van der Waals surface area contributed by atoms with Crippen molar-refractivity contribution in [3.8, 4) is 6.07 Å². The van der Waals surface area contributed by atoms with Crippen LogP contribution in [0.5, 0.6) is 0 Å². The maximum absolute atomic E-state index is 12.7. The molecular weight excluding hydrogens is 384 g/mol. The lowest BCUT2D eigenvalue weighted by Crippen LogP contribution is -2.73. The van der Waals surface area contributed by atoms with Gasteiger partial charge in [0.1, 0.15) is 11.6 Å². The Kier molecular flexibility index (Phi) is 6.04. The van der Waals surface area contributed by atoms with Crippen LogP contribution in [0.2, 0.25) is 0 Å². The molecule has 2 amide bonds. The zero-order valence-corrected chi connectivity index (χ0v) is 17.3. The van der Waals surface area contributed by atoms with Crippen molar-refractivity contribution in [1.29, 1.82) is 5.26 Å². The summed E-state index contributed by atoms with van der Waals surface area (Å²) in [5.74, 6) is 0.384. The van der Waals surface area contributed by atoms with E-state index in [0.717, 1.165) is 26.1 Å². The van der Waals surface area contributed by atoms with Gasteiger partial charge in [0.05, 0.1) is 31.3 Å². The number of nitrogens with one attached hydrogen (secondary N) is 1. The summed E-state index contributed by atoms with van der Waals surface area (Å²) >= 11 is 0. The summed E-state index contributed by atoms with van der Waals surface area (Å²) in [7, 11) is 1.93. The van der Waals surface area contributed by atoms with Crippen LogP contribution in [0.15, 0.2) is 24.3 Å². The smallest absolute Gasteiger partial charge is 0.254 e. The van der Waals surface area contributed by atoms with Gasteiger partial charge in [0.25, 0.3) is 5.91 Å². The Labute approximate surface area is 176 Å². The van der Waals surface area contributed by atoms with Crippen molar-refractivity contribution in [3.05, 3.63) is 35.4 Å². The molecule has 3 saturated heterocycles. The SMILES string of the molecule is CN1CC2(CN(C(=O)c3cccc(C#N)c3)C2)OC[C@H]1C(=O)NCC1CCOCC1. The molecule has 1 aromatic carbocycles. The number of hydrogen-bond donors (Lipinski definition) is 1. The largest absolute Gasteiger partial charge is 0.381 e. The second-order valence-electron chi connectivity index (χ2n) is 8.58. The van der Waals surface area contributed by atoms with E-state index in [0.29, 0.717) is 49.8 Å². The molecule has 1 spiro atoms. The molecule has 0 aromatic heterocycles. The first-order chi connectivity index (χ1) is 14.5. The number of rotatable bonds is 4. The summed E-state index contributed by atoms with van der Waals surface area (Å²) in [6.45, 7) is 4.12. The van der Waals surface area contributed by atoms with Gasteiger partial charge in [-0.2, -0.15) is 5.26 Å². The lowest BCUT2D eigenvalue weighted by atomic mass is 9.89. The lowest BCUT2D eigenvalue weighted by molar-refractivity contribution is -0.187. The van der Waals surface area contributed by atoms with Gasteiger partial charge in [0, 0.05) is 31.9 Å². The minimum atomic E-state index is -0.422. The van der Waals surface area contributed by atoms with Crippen molar-refractivity contribution in [2.45, 2.75) is 24.5 Å². The summed E-state index contributed by atoms with van der Waals surface area (Å²) in [5, 5.41) is 12.1. The highest BCUT2D eigenvalue weighted by Crippen LogP contribution is 2.31. The molecule has 4 rings (SSSR count). The van der Waals surface area contributed by atoms with E-state index in [-0.39, 0.29) is 17.9 Å². The topological polar surface area (TPSA) is 94.9 Å². The Hall–Kier alpha value is -2.47. The molecule has 0 aliphatic carbocycles. The van der Waals surface area contributed by atoms with Gasteiger partial charge in [-0.25, -0.2) is 0 Å². The fourth-order valence-corrected chi connectivity index (χ4v) is 4.47. The van der Waals surface area contributed by atoms with Crippen molar-refractivity contribution in [3.63, 3.8) is 0 Å². The van der Waals surface area contributed by atoms with Crippen LogP contribution in [-0.2, 0) is 14.3 Å². The molecule has 0 radical (unpaired) electrons. The third-order valence-corrected chi connectivity index (χ3v) is 6.31. The molecule has 3 aliphatic rings. The van der Waals surface area contributed by atoms with E-state index in [1.165, 1.54) is 0 Å². The number of ether oxygens (including phenoxy) is 2. The average molecular weight is 412 g/mol. The van der Waals surface area contributed by atoms with Crippen molar-refractivity contribution >= 4 is 11.8 Å². The number of nitriles is 1. The van der Waals surface area contributed by atoms with Gasteiger partial charge in [-0.3, -0.25) is 14.5 Å². The highest BCUT2D eigenvalue weighted by atomic mass is 16.5. The van der Waals surface area contributed by atoms with Crippen molar-refractivity contribution in [2.75, 3.05) is 53.0 Å². The number of hydrogen-bond acceptors (Lipinski definition) is 6. The fourth-order valence-electron chi connectivity index (χ4n) is 4.47. The number of nitrogens with zero attached hydrogens (tertiary/aromatic N) is 3. The third kappa shape index (κ3) is 4.33. The molecule has 1 atom stereocenters. The van der Waals surface area contributed by atoms with Gasteiger partial charge in [-0.05, 0) is 44.0 Å². The summed E-state index contributed by atoms with van der Waals surface area (Å²) in [4.78, 5) is 29.1. The van der Waals surface area contributed by atoms with E-state index < -0.39 is 5.60 Å². The van der Waals surface area contributed by atoms with Crippen molar-refractivity contribution < 1.29 is 19.1 Å². The summed E-state index contributed by atoms with van der Waals surface area (Å²) < 4.78 is 11.5. The van der Waals surface area contributed by atoms with Gasteiger partial charge >= 0.3 is 0 Å². The maximum atomic E-state index is 12.7. The van der Waals surface area contributed by atoms with E-state index in [2.05, 4.69) is 11.4 Å². The van der Waals surface area contributed by atoms with Gasteiger partial charge in [0.15, 0.2) is 0 Å². The van der Waals surface area contributed by atoms with E-state index in [9.17, 15) is 9.59 Å². The fraction of sp³-hybridized carbons (Fsp3) is 0.591. The predicted molar refractivity (Wildman–Crippen MR) is 109 cm³/mol. The number of likely N-dealkylation sites (tertiary alicyclic amines) is 1. The molecule has 3 heterocycles. The van der Waals surface area contributed by atoms with E-state index in [1.807, 2.05) is 11.9 Å². The third-order valence-electron chi connectivity index (χ3n) is 6.31. The molecule has 1 N–H and O–H groups in total. The quantitative estimate of drug-likeness (QED) is 0.779. The number of carbonyl (C=O) groups is 2. The van der Waals surface area contributed by atoms with Crippen molar-refractivity contribution in [1.82, 2.24) is 15.1 Å². The zero-order valence-electron chi connectivity index (χ0n) is 17.3.